The quantitative estimate of drug-likeness (QED) is 0.909. The Morgan fingerprint density at radius 3 is 2.78 bits per heavy atom. The van der Waals surface area contributed by atoms with E-state index in [9.17, 15) is 4.79 Å². The van der Waals surface area contributed by atoms with Gasteiger partial charge in [-0.1, -0.05) is 22.0 Å². The molecule has 0 radical (unpaired) electrons. The molecule has 18 heavy (non-hydrogen) atoms. The van der Waals surface area contributed by atoms with Gasteiger partial charge in [-0.15, -0.1) is 0 Å². The second-order valence-corrected chi connectivity index (χ2v) is 4.74. The van der Waals surface area contributed by atoms with Crippen LogP contribution in [0.15, 0.2) is 40.9 Å². The van der Waals surface area contributed by atoms with Crippen molar-refractivity contribution in [3.8, 4) is 0 Å². The Morgan fingerprint density at radius 2 is 2.11 bits per heavy atom. The predicted molar refractivity (Wildman–Crippen MR) is 73.4 cm³/mol. The van der Waals surface area contributed by atoms with Crippen molar-refractivity contribution in [2.75, 3.05) is 5.32 Å². The van der Waals surface area contributed by atoms with E-state index in [2.05, 4.69) is 26.2 Å². The lowest BCUT2D eigenvalue weighted by Crippen LogP contribution is -2.01. The maximum Gasteiger partial charge on any atom is 0.335 e. The minimum atomic E-state index is -0.960. The third kappa shape index (κ3) is 3.07. The number of carboxylic acids is 1. The van der Waals surface area contributed by atoms with E-state index in [1.54, 1.807) is 6.92 Å². The van der Waals surface area contributed by atoms with Gasteiger partial charge in [0.2, 0.25) is 0 Å². The number of nitrogens with one attached hydrogen (secondary N) is 1. The Kier molecular flexibility index (Phi) is 3.62. The first-order valence-corrected chi connectivity index (χ1v) is 6.08. The molecule has 1 aromatic carbocycles. The number of hydrogen-bond acceptors (Lipinski definition) is 3. The summed E-state index contributed by atoms with van der Waals surface area (Å²) in [6.45, 7) is 1.76. The first-order chi connectivity index (χ1) is 8.54. The van der Waals surface area contributed by atoms with Crippen molar-refractivity contribution < 1.29 is 9.90 Å². The van der Waals surface area contributed by atoms with Crippen molar-refractivity contribution in [3.05, 3.63) is 52.1 Å². The van der Waals surface area contributed by atoms with Gasteiger partial charge in [0.25, 0.3) is 0 Å². The molecule has 0 aliphatic rings. The van der Waals surface area contributed by atoms with E-state index in [0.29, 0.717) is 11.5 Å². The molecular weight excluding hydrogens is 296 g/mol. The lowest BCUT2D eigenvalue weighted by Gasteiger charge is -2.08. The Hall–Kier alpha value is -1.88. The summed E-state index contributed by atoms with van der Waals surface area (Å²) < 4.78 is 0.943. The highest BCUT2D eigenvalue weighted by Gasteiger charge is 2.06. The Labute approximate surface area is 113 Å². The summed E-state index contributed by atoms with van der Waals surface area (Å²) in [6.07, 6.45) is 0. The highest BCUT2D eigenvalue weighted by atomic mass is 79.9. The zero-order valence-corrected chi connectivity index (χ0v) is 11.2. The molecular formula is C13H11BrN2O2. The molecule has 4 nitrogen and oxygen atoms in total. The molecule has 2 N–H and O–H groups in total. The smallest absolute Gasteiger partial charge is 0.335 e. The number of aromatic carboxylic acids is 1. The molecule has 1 heterocycles. The number of aromatic nitrogens is 1. The zero-order chi connectivity index (χ0) is 13.1. The number of carboxylic acid groups (broad SMARTS) is 1. The molecule has 2 aromatic rings. The van der Waals surface area contributed by atoms with Crippen LogP contribution < -0.4 is 5.32 Å². The minimum absolute atomic E-state index is 0.222. The van der Waals surface area contributed by atoms with Gasteiger partial charge in [-0.25, -0.2) is 9.78 Å². The molecule has 0 aliphatic carbocycles. The van der Waals surface area contributed by atoms with Gasteiger partial charge in [0.05, 0.1) is 5.56 Å². The Morgan fingerprint density at radius 1 is 1.33 bits per heavy atom. The summed E-state index contributed by atoms with van der Waals surface area (Å²) in [5.74, 6) is -0.441. The van der Waals surface area contributed by atoms with Crippen molar-refractivity contribution in [3.63, 3.8) is 0 Å². The van der Waals surface area contributed by atoms with Crippen LogP contribution >= 0.6 is 15.9 Å². The summed E-state index contributed by atoms with van der Waals surface area (Å²) in [6, 6.07) is 10.6. The maximum atomic E-state index is 10.9. The summed E-state index contributed by atoms with van der Waals surface area (Å²) in [4.78, 5) is 15.2. The van der Waals surface area contributed by atoms with E-state index in [1.165, 1.54) is 12.1 Å². The van der Waals surface area contributed by atoms with Crippen LogP contribution in [0.1, 0.15) is 16.1 Å². The number of hydrogen-bond donors (Lipinski definition) is 2. The average Bonchev–Trinajstić information content (AvgIpc) is 2.28. The molecule has 2 rings (SSSR count). The zero-order valence-electron chi connectivity index (χ0n) is 9.64. The van der Waals surface area contributed by atoms with Crippen LogP contribution in [0.25, 0.3) is 0 Å². The maximum absolute atomic E-state index is 10.9. The second kappa shape index (κ2) is 5.18. The fraction of sp³-hybridized carbons (Fsp3) is 0.0769. The van der Waals surface area contributed by atoms with E-state index in [4.69, 9.17) is 5.11 Å². The Balaban J connectivity index is 2.31. The van der Waals surface area contributed by atoms with Gasteiger partial charge in [-0.3, -0.25) is 0 Å². The topological polar surface area (TPSA) is 62.2 Å². The molecule has 0 spiro atoms. The predicted octanol–water partition coefficient (Wildman–Crippen LogP) is 3.59. The number of rotatable bonds is 3. The largest absolute Gasteiger partial charge is 0.478 e. The van der Waals surface area contributed by atoms with Crippen molar-refractivity contribution in [2.24, 2.45) is 0 Å². The van der Waals surface area contributed by atoms with Gasteiger partial charge >= 0.3 is 5.97 Å². The first-order valence-electron chi connectivity index (χ1n) is 5.29. The number of nitrogens with zero attached hydrogens (tertiary/aromatic N) is 1. The van der Waals surface area contributed by atoms with E-state index in [1.807, 2.05) is 24.3 Å². The van der Waals surface area contributed by atoms with Crippen molar-refractivity contribution in [1.82, 2.24) is 4.98 Å². The van der Waals surface area contributed by atoms with Crippen molar-refractivity contribution in [1.29, 1.82) is 0 Å². The highest BCUT2D eigenvalue weighted by Crippen LogP contribution is 2.20. The SMILES string of the molecule is Cc1cc(C(=O)O)cc(Nc2cccc(Br)c2)n1. The van der Waals surface area contributed by atoms with Crippen molar-refractivity contribution >= 4 is 33.4 Å². The number of aryl methyl sites for hydroxylation is 1. The fourth-order valence-electron chi connectivity index (χ4n) is 1.57. The minimum Gasteiger partial charge on any atom is -0.478 e. The van der Waals surface area contributed by atoms with Crippen LogP contribution in [0.2, 0.25) is 0 Å². The van der Waals surface area contributed by atoms with Gasteiger partial charge in [-0.05, 0) is 37.3 Å². The third-order valence-electron chi connectivity index (χ3n) is 2.30. The second-order valence-electron chi connectivity index (χ2n) is 3.82. The summed E-state index contributed by atoms with van der Waals surface area (Å²) in [7, 11) is 0. The lowest BCUT2D eigenvalue weighted by atomic mass is 10.2. The molecule has 0 bridgehead atoms. The van der Waals surface area contributed by atoms with Crippen molar-refractivity contribution in [2.45, 2.75) is 6.92 Å². The van der Waals surface area contributed by atoms with E-state index < -0.39 is 5.97 Å². The highest BCUT2D eigenvalue weighted by molar-refractivity contribution is 9.10. The fourth-order valence-corrected chi connectivity index (χ4v) is 1.97. The number of anilines is 2. The van der Waals surface area contributed by atoms with Gasteiger partial charge < -0.3 is 10.4 Å². The van der Waals surface area contributed by atoms with Crippen LogP contribution in [0.3, 0.4) is 0 Å². The molecule has 0 saturated carbocycles. The van der Waals surface area contributed by atoms with Gasteiger partial charge in [0, 0.05) is 15.9 Å². The molecule has 0 atom stereocenters. The number of carbonyl (C=O) groups is 1. The number of benzene rings is 1. The van der Waals surface area contributed by atoms with Crippen LogP contribution in [0, 0.1) is 6.92 Å². The molecule has 92 valence electrons. The summed E-state index contributed by atoms with van der Waals surface area (Å²) in [5.41, 5.74) is 1.73. The van der Waals surface area contributed by atoms with Gasteiger partial charge in [0.15, 0.2) is 0 Å². The lowest BCUT2D eigenvalue weighted by molar-refractivity contribution is 0.0696. The normalized spacial score (nSPS) is 10.1. The summed E-state index contributed by atoms with van der Waals surface area (Å²) in [5, 5.41) is 12.1. The molecule has 1 aromatic heterocycles. The standard InChI is InChI=1S/C13H11BrN2O2/c1-8-5-9(13(17)18)6-12(15-8)16-11-4-2-3-10(14)7-11/h2-7H,1H3,(H,15,16)(H,17,18). The molecule has 0 fully saturated rings. The molecule has 0 unspecified atom stereocenters. The average molecular weight is 307 g/mol. The molecule has 0 aliphatic heterocycles. The third-order valence-corrected chi connectivity index (χ3v) is 2.79. The first kappa shape index (κ1) is 12.6. The van der Waals surface area contributed by atoms with Crippen LogP contribution in [-0.2, 0) is 0 Å². The van der Waals surface area contributed by atoms with Gasteiger partial charge in [-0.2, -0.15) is 0 Å². The van der Waals surface area contributed by atoms with E-state index >= 15 is 0 Å². The number of halogens is 1. The monoisotopic (exact) mass is 306 g/mol. The molecule has 5 heteroatoms. The summed E-state index contributed by atoms with van der Waals surface area (Å²) >= 11 is 3.37. The number of pyridine rings is 1. The van der Waals surface area contributed by atoms with Crippen LogP contribution in [-0.4, -0.2) is 16.1 Å². The molecule has 0 amide bonds. The van der Waals surface area contributed by atoms with E-state index in [-0.39, 0.29) is 5.56 Å². The van der Waals surface area contributed by atoms with Gasteiger partial charge in [0.1, 0.15) is 5.82 Å². The molecule has 0 saturated heterocycles. The van der Waals surface area contributed by atoms with Crippen LogP contribution in [0.4, 0.5) is 11.5 Å². The van der Waals surface area contributed by atoms with Crippen LogP contribution in [0.5, 0.6) is 0 Å². The van der Waals surface area contributed by atoms with E-state index in [0.717, 1.165) is 10.2 Å². The Bertz CT molecular complexity index is 599.